The highest BCUT2D eigenvalue weighted by atomic mass is 35.5. The van der Waals surface area contributed by atoms with Gasteiger partial charge in [0.2, 0.25) is 10.0 Å². The molecule has 31 heavy (non-hydrogen) atoms. The van der Waals surface area contributed by atoms with E-state index in [9.17, 15) is 13.2 Å². The lowest BCUT2D eigenvalue weighted by Gasteiger charge is -2.34. The Kier molecular flexibility index (Phi) is 7.69. The van der Waals surface area contributed by atoms with E-state index >= 15 is 0 Å². The molecule has 0 aliphatic carbocycles. The number of piperazine rings is 1. The van der Waals surface area contributed by atoms with Crippen LogP contribution in [0.1, 0.15) is 25.5 Å². The van der Waals surface area contributed by atoms with Gasteiger partial charge in [-0.05, 0) is 43.7 Å². The Hall–Kier alpha value is -2.00. The molecule has 3 rings (SSSR count). The molecule has 2 aromatic carbocycles. The lowest BCUT2D eigenvalue weighted by atomic mass is 10.1. The summed E-state index contributed by atoms with van der Waals surface area (Å²) in [5, 5.41) is 3.15. The molecule has 1 unspecified atom stereocenters. The standard InChI is InChI=1S/C21H25Cl2N3O4S/c1-3-30-17-7-4-6-16(14-17)15(2)24-21(27)25-10-12-26(13-11-25)31(28,29)19-9-5-8-18(22)20(19)23/h4-9,14-15H,3,10-13H2,1-2H3,(H,24,27). The van der Waals surface area contributed by atoms with Crippen LogP contribution < -0.4 is 10.1 Å². The molecule has 1 atom stereocenters. The molecule has 1 heterocycles. The number of benzene rings is 2. The van der Waals surface area contributed by atoms with Crippen LogP contribution in [0.25, 0.3) is 0 Å². The molecular weight excluding hydrogens is 461 g/mol. The molecule has 1 saturated heterocycles. The molecule has 0 spiro atoms. The van der Waals surface area contributed by atoms with Crippen LogP contribution in [-0.4, -0.2) is 56.4 Å². The first-order valence-electron chi connectivity index (χ1n) is 9.96. The van der Waals surface area contributed by atoms with Crippen LogP contribution in [0.15, 0.2) is 47.4 Å². The van der Waals surface area contributed by atoms with Crippen molar-refractivity contribution >= 4 is 39.3 Å². The lowest BCUT2D eigenvalue weighted by molar-refractivity contribution is 0.169. The fraction of sp³-hybridized carbons (Fsp3) is 0.381. The third-order valence-electron chi connectivity index (χ3n) is 5.07. The molecule has 10 heteroatoms. The highest BCUT2D eigenvalue weighted by molar-refractivity contribution is 7.89. The van der Waals surface area contributed by atoms with Crippen molar-refractivity contribution in [3.63, 3.8) is 0 Å². The number of amides is 2. The number of nitrogens with one attached hydrogen (secondary N) is 1. The second kappa shape index (κ2) is 10.1. The molecular formula is C21H25Cl2N3O4S. The number of hydrogen-bond donors (Lipinski definition) is 1. The number of halogens is 2. The summed E-state index contributed by atoms with van der Waals surface area (Å²) in [7, 11) is -3.80. The van der Waals surface area contributed by atoms with Gasteiger partial charge >= 0.3 is 6.03 Å². The van der Waals surface area contributed by atoms with E-state index in [2.05, 4.69) is 5.32 Å². The van der Waals surface area contributed by atoms with Crippen LogP contribution in [0, 0.1) is 0 Å². The fourth-order valence-corrected chi connectivity index (χ4v) is 5.51. The summed E-state index contributed by atoms with van der Waals surface area (Å²) >= 11 is 12.1. The molecule has 1 N–H and O–H groups in total. The Labute approximate surface area is 192 Å². The predicted octanol–water partition coefficient (Wildman–Crippen LogP) is 4.17. The number of carbonyl (C=O) groups excluding carboxylic acids is 1. The molecule has 7 nitrogen and oxygen atoms in total. The first-order valence-corrected chi connectivity index (χ1v) is 12.2. The third-order valence-corrected chi connectivity index (χ3v) is 7.94. The predicted molar refractivity (Wildman–Crippen MR) is 121 cm³/mol. The van der Waals surface area contributed by atoms with Crippen molar-refractivity contribution < 1.29 is 17.9 Å². The summed E-state index contributed by atoms with van der Waals surface area (Å²) < 4.78 is 32.7. The summed E-state index contributed by atoms with van der Waals surface area (Å²) in [6.07, 6.45) is 0. The zero-order valence-electron chi connectivity index (χ0n) is 17.3. The van der Waals surface area contributed by atoms with Gasteiger partial charge in [-0.1, -0.05) is 41.4 Å². The molecule has 0 bridgehead atoms. The van der Waals surface area contributed by atoms with E-state index in [1.54, 1.807) is 11.0 Å². The van der Waals surface area contributed by atoms with E-state index < -0.39 is 10.0 Å². The SMILES string of the molecule is CCOc1cccc(C(C)NC(=O)N2CCN(S(=O)(=O)c3cccc(Cl)c3Cl)CC2)c1. The summed E-state index contributed by atoms with van der Waals surface area (Å²) in [4.78, 5) is 14.3. The summed E-state index contributed by atoms with van der Waals surface area (Å²) in [6, 6.07) is 11.6. The minimum atomic E-state index is -3.80. The number of urea groups is 1. The molecule has 1 fully saturated rings. The average molecular weight is 486 g/mol. The maximum absolute atomic E-state index is 12.9. The number of rotatable bonds is 6. The Bertz CT molecular complexity index is 1040. The molecule has 0 aromatic heterocycles. The van der Waals surface area contributed by atoms with Gasteiger partial charge in [0.25, 0.3) is 0 Å². The van der Waals surface area contributed by atoms with Crippen LogP contribution in [-0.2, 0) is 10.0 Å². The normalized spacial score (nSPS) is 16.1. The van der Waals surface area contributed by atoms with Crippen LogP contribution in [0.5, 0.6) is 5.75 Å². The smallest absolute Gasteiger partial charge is 0.317 e. The Balaban J connectivity index is 1.61. The Morgan fingerprint density at radius 3 is 2.48 bits per heavy atom. The first kappa shape index (κ1) is 23.7. The zero-order chi connectivity index (χ0) is 22.6. The summed E-state index contributed by atoms with van der Waals surface area (Å²) in [5.74, 6) is 0.750. The van der Waals surface area contributed by atoms with E-state index in [0.717, 1.165) is 11.3 Å². The van der Waals surface area contributed by atoms with Crippen molar-refractivity contribution in [1.82, 2.24) is 14.5 Å². The zero-order valence-corrected chi connectivity index (χ0v) is 19.7. The van der Waals surface area contributed by atoms with Crippen molar-refractivity contribution in [3.8, 4) is 5.75 Å². The molecule has 2 aromatic rings. The molecule has 1 aliphatic rings. The number of nitrogens with zero attached hydrogens (tertiary/aromatic N) is 2. The minimum Gasteiger partial charge on any atom is -0.494 e. The largest absolute Gasteiger partial charge is 0.494 e. The van der Waals surface area contributed by atoms with Crippen molar-refractivity contribution in [2.75, 3.05) is 32.8 Å². The minimum absolute atomic E-state index is 0.00690. The first-order chi connectivity index (χ1) is 14.7. The second-order valence-corrected chi connectivity index (χ2v) is 9.81. The van der Waals surface area contributed by atoms with Crippen molar-refractivity contribution in [2.24, 2.45) is 0 Å². The monoisotopic (exact) mass is 485 g/mol. The Morgan fingerprint density at radius 1 is 1.13 bits per heavy atom. The summed E-state index contributed by atoms with van der Waals surface area (Å²) in [6.45, 7) is 5.27. The average Bonchev–Trinajstić information content (AvgIpc) is 2.76. The van der Waals surface area contributed by atoms with Gasteiger partial charge in [0, 0.05) is 26.2 Å². The molecule has 1 aliphatic heterocycles. The van der Waals surface area contributed by atoms with Crippen molar-refractivity contribution in [1.29, 1.82) is 0 Å². The third kappa shape index (κ3) is 5.44. The quantitative estimate of drug-likeness (QED) is 0.665. The second-order valence-electron chi connectivity index (χ2n) is 7.12. The van der Waals surface area contributed by atoms with Gasteiger partial charge in [-0.15, -0.1) is 0 Å². The van der Waals surface area contributed by atoms with Gasteiger partial charge in [-0.2, -0.15) is 4.31 Å². The van der Waals surface area contributed by atoms with Gasteiger partial charge in [0.1, 0.15) is 10.6 Å². The van der Waals surface area contributed by atoms with Crippen molar-refractivity contribution in [3.05, 3.63) is 58.1 Å². The van der Waals surface area contributed by atoms with Crippen LogP contribution >= 0.6 is 23.2 Å². The summed E-state index contributed by atoms with van der Waals surface area (Å²) in [5.41, 5.74) is 0.927. The van der Waals surface area contributed by atoms with Gasteiger partial charge in [-0.25, -0.2) is 13.2 Å². The number of hydrogen-bond acceptors (Lipinski definition) is 4. The van der Waals surface area contributed by atoms with Crippen molar-refractivity contribution in [2.45, 2.75) is 24.8 Å². The molecule has 2 amide bonds. The fourth-order valence-electron chi connectivity index (χ4n) is 3.35. The van der Waals surface area contributed by atoms with Gasteiger partial charge in [0.05, 0.1) is 22.7 Å². The topological polar surface area (TPSA) is 79.0 Å². The highest BCUT2D eigenvalue weighted by Crippen LogP contribution is 2.31. The Morgan fingerprint density at radius 2 is 1.81 bits per heavy atom. The lowest BCUT2D eigenvalue weighted by Crippen LogP contribution is -2.53. The van der Waals surface area contributed by atoms with E-state index in [1.165, 1.54) is 16.4 Å². The molecule has 0 radical (unpaired) electrons. The van der Waals surface area contributed by atoms with Crippen LogP contribution in [0.3, 0.4) is 0 Å². The molecule has 168 valence electrons. The number of ether oxygens (including phenoxy) is 1. The highest BCUT2D eigenvalue weighted by Gasteiger charge is 2.32. The number of carbonyl (C=O) groups is 1. The van der Waals surface area contributed by atoms with E-state index in [1.807, 2.05) is 38.1 Å². The van der Waals surface area contributed by atoms with E-state index in [-0.39, 0.29) is 53.2 Å². The molecule has 0 saturated carbocycles. The van der Waals surface area contributed by atoms with E-state index in [4.69, 9.17) is 27.9 Å². The van der Waals surface area contributed by atoms with Gasteiger partial charge in [0.15, 0.2) is 0 Å². The van der Waals surface area contributed by atoms with E-state index in [0.29, 0.717) is 6.61 Å². The van der Waals surface area contributed by atoms with Gasteiger partial charge in [-0.3, -0.25) is 0 Å². The van der Waals surface area contributed by atoms with Crippen LogP contribution in [0.2, 0.25) is 10.0 Å². The van der Waals surface area contributed by atoms with Gasteiger partial charge < -0.3 is 15.0 Å². The maximum atomic E-state index is 12.9. The van der Waals surface area contributed by atoms with Crippen LogP contribution in [0.4, 0.5) is 4.79 Å². The maximum Gasteiger partial charge on any atom is 0.317 e. The number of sulfonamides is 1.